The zero-order chi connectivity index (χ0) is 16.1. The number of anilines is 1. The molecule has 5 N–H and O–H groups in total. The molecule has 2 amide bonds. The van der Waals surface area contributed by atoms with Crippen molar-refractivity contribution in [1.29, 1.82) is 0 Å². The predicted octanol–water partition coefficient (Wildman–Crippen LogP) is 0.643. The minimum Gasteiger partial charge on any atom is -0.368 e. The molecule has 22 heavy (non-hydrogen) atoms. The van der Waals surface area contributed by atoms with Crippen molar-refractivity contribution in [1.82, 2.24) is 9.78 Å². The molecule has 2 aromatic rings. The Labute approximate surface area is 128 Å². The zero-order valence-corrected chi connectivity index (χ0v) is 12.3. The molecule has 116 valence electrons. The molecule has 0 fully saturated rings. The van der Waals surface area contributed by atoms with Crippen LogP contribution >= 0.6 is 0 Å². The third kappa shape index (κ3) is 3.92. The van der Waals surface area contributed by atoms with Gasteiger partial charge >= 0.3 is 0 Å². The number of hydrogen-bond donors (Lipinski definition) is 3. The summed E-state index contributed by atoms with van der Waals surface area (Å²) in [5.41, 5.74) is 12.6. The van der Waals surface area contributed by atoms with Crippen LogP contribution in [0, 0.1) is 5.92 Å². The van der Waals surface area contributed by atoms with Gasteiger partial charge in [-0.2, -0.15) is 5.10 Å². The van der Waals surface area contributed by atoms with E-state index in [9.17, 15) is 9.59 Å². The average Bonchev–Trinajstić information content (AvgIpc) is 2.92. The minimum absolute atomic E-state index is 0.0328. The highest BCUT2D eigenvalue weighted by Gasteiger charge is 2.22. The van der Waals surface area contributed by atoms with E-state index < -0.39 is 17.9 Å². The molecule has 0 saturated carbocycles. The van der Waals surface area contributed by atoms with Crippen molar-refractivity contribution >= 4 is 17.5 Å². The van der Waals surface area contributed by atoms with Crippen LogP contribution in [-0.4, -0.2) is 21.6 Å². The maximum absolute atomic E-state index is 12.2. The number of aromatic nitrogens is 2. The van der Waals surface area contributed by atoms with E-state index in [1.807, 2.05) is 30.3 Å². The number of nitrogens with one attached hydrogen (secondary N) is 1. The maximum Gasteiger partial charge on any atom is 0.239 e. The molecule has 7 nitrogen and oxygen atoms in total. The number of carbonyl (C=O) groups is 2. The molecule has 0 aliphatic heterocycles. The number of nitrogens with zero attached hydrogens (tertiary/aromatic N) is 2. The van der Waals surface area contributed by atoms with Gasteiger partial charge in [-0.1, -0.05) is 37.3 Å². The molecular formula is C15H19N5O2. The lowest BCUT2D eigenvalue weighted by Crippen LogP contribution is -2.30. The Morgan fingerprint density at radius 2 is 2.00 bits per heavy atom. The lowest BCUT2D eigenvalue weighted by molar-refractivity contribution is -0.120. The normalized spacial score (nSPS) is 13.4. The van der Waals surface area contributed by atoms with Gasteiger partial charge in [-0.15, -0.1) is 0 Å². The fraction of sp³-hybridized carbons (Fsp3) is 0.267. The molecule has 0 spiro atoms. The quantitative estimate of drug-likeness (QED) is 0.726. The molecule has 0 saturated heterocycles. The molecule has 2 unspecified atom stereocenters. The Balaban J connectivity index is 1.99. The van der Waals surface area contributed by atoms with Crippen LogP contribution in [0.5, 0.6) is 0 Å². The Hall–Kier alpha value is -2.67. The fourth-order valence-electron chi connectivity index (χ4n) is 2.06. The number of nitrogens with two attached hydrogens (primary N) is 2. The maximum atomic E-state index is 12.2. The van der Waals surface area contributed by atoms with Gasteiger partial charge < -0.3 is 16.8 Å². The Bertz CT molecular complexity index is 653. The van der Waals surface area contributed by atoms with Crippen molar-refractivity contribution in [2.24, 2.45) is 17.4 Å². The van der Waals surface area contributed by atoms with Crippen molar-refractivity contribution in [3.05, 3.63) is 48.3 Å². The summed E-state index contributed by atoms with van der Waals surface area (Å²) in [5, 5.41) is 6.67. The number of rotatable bonds is 6. The summed E-state index contributed by atoms with van der Waals surface area (Å²) in [6.45, 7) is 1.73. The highest BCUT2D eigenvalue weighted by atomic mass is 16.2. The summed E-state index contributed by atoms with van der Waals surface area (Å²) in [6, 6.07) is 9.04. The lowest BCUT2D eigenvalue weighted by atomic mass is 9.95. The molecular weight excluding hydrogens is 282 g/mol. The molecule has 1 aromatic carbocycles. The monoisotopic (exact) mass is 301 g/mol. The second-order valence-electron chi connectivity index (χ2n) is 5.11. The van der Waals surface area contributed by atoms with Gasteiger partial charge in [0.25, 0.3) is 0 Å². The van der Waals surface area contributed by atoms with Crippen LogP contribution in [0.15, 0.2) is 42.7 Å². The first-order valence-electron chi connectivity index (χ1n) is 6.89. The van der Waals surface area contributed by atoms with Crippen LogP contribution in [0.25, 0.3) is 0 Å². The molecule has 7 heteroatoms. The first kappa shape index (κ1) is 15.7. The van der Waals surface area contributed by atoms with Gasteiger partial charge in [-0.05, 0) is 5.56 Å². The Kier molecular flexibility index (Phi) is 4.90. The van der Waals surface area contributed by atoms with Gasteiger partial charge in [0.15, 0.2) is 0 Å². The van der Waals surface area contributed by atoms with Gasteiger partial charge in [-0.25, -0.2) is 0 Å². The summed E-state index contributed by atoms with van der Waals surface area (Å²) in [4.78, 5) is 23.1. The molecule has 0 aliphatic rings. The van der Waals surface area contributed by atoms with Gasteiger partial charge in [0.05, 0.1) is 17.8 Å². The van der Waals surface area contributed by atoms with Crippen molar-refractivity contribution in [2.75, 3.05) is 5.32 Å². The van der Waals surface area contributed by atoms with Crippen LogP contribution in [0.1, 0.15) is 18.5 Å². The highest BCUT2D eigenvalue weighted by molar-refractivity contribution is 5.92. The largest absolute Gasteiger partial charge is 0.368 e. The third-order valence-corrected chi connectivity index (χ3v) is 3.36. The number of benzene rings is 1. The molecule has 0 aliphatic carbocycles. The van der Waals surface area contributed by atoms with E-state index in [0.717, 1.165) is 5.56 Å². The second-order valence-corrected chi connectivity index (χ2v) is 5.11. The topological polar surface area (TPSA) is 116 Å². The molecule has 1 aromatic heterocycles. The first-order valence-corrected chi connectivity index (χ1v) is 6.89. The van der Waals surface area contributed by atoms with Crippen molar-refractivity contribution in [3.63, 3.8) is 0 Å². The van der Waals surface area contributed by atoms with Crippen molar-refractivity contribution in [2.45, 2.75) is 19.5 Å². The lowest BCUT2D eigenvalue weighted by Gasteiger charge is -2.19. The van der Waals surface area contributed by atoms with Gasteiger partial charge in [0.2, 0.25) is 11.8 Å². The summed E-state index contributed by atoms with van der Waals surface area (Å²) >= 11 is 0. The third-order valence-electron chi connectivity index (χ3n) is 3.36. The van der Waals surface area contributed by atoms with E-state index in [1.165, 1.54) is 10.9 Å². The fourth-order valence-corrected chi connectivity index (χ4v) is 2.06. The van der Waals surface area contributed by atoms with Crippen molar-refractivity contribution < 1.29 is 9.59 Å². The van der Waals surface area contributed by atoms with Gasteiger partial charge in [0.1, 0.15) is 6.54 Å². The van der Waals surface area contributed by atoms with E-state index in [1.54, 1.807) is 13.1 Å². The smallest absolute Gasteiger partial charge is 0.239 e. The minimum atomic E-state index is -0.500. The molecule has 0 radical (unpaired) electrons. The zero-order valence-electron chi connectivity index (χ0n) is 12.3. The predicted molar refractivity (Wildman–Crippen MR) is 82.6 cm³/mol. The average molecular weight is 301 g/mol. The van der Waals surface area contributed by atoms with Crippen molar-refractivity contribution in [3.8, 4) is 0 Å². The molecule has 2 rings (SSSR count). The number of amides is 2. The standard InChI is InChI=1S/C15H19N5O2/c1-10(14(17)11-5-3-2-4-6-11)15(22)19-12-7-18-20(8-12)9-13(16)21/h2-8,10,14H,9,17H2,1H3,(H2,16,21)(H,19,22). The van der Waals surface area contributed by atoms with Crippen LogP contribution in [0.2, 0.25) is 0 Å². The summed E-state index contributed by atoms with van der Waals surface area (Å²) < 4.78 is 1.36. The molecule has 1 heterocycles. The van der Waals surface area contributed by atoms with Gasteiger partial charge in [0, 0.05) is 12.2 Å². The highest BCUT2D eigenvalue weighted by Crippen LogP contribution is 2.20. The molecule has 0 bridgehead atoms. The van der Waals surface area contributed by atoms with Crippen LogP contribution in [0.4, 0.5) is 5.69 Å². The summed E-state index contributed by atoms with van der Waals surface area (Å²) in [6.07, 6.45) is 3.00. The van der Waals surface area contributed by atoms with E-state index in [2.05, 4.69) is 10.4 Å². The summed E-state index contributed by atoms with van der Waals surface area (Å²) in [5.74, 6) is -1.13. The second kappa shape index (κ2) is 6.86. The molecule has 2 atom stereocenters. The Morgan fingerprint density at radius 1 is 1.32 bits per heavy atom. The van der Waals surface area contributed by atoms with E-state index >= 15 is 0 Å². The first-order chi connectivity index (χ1) is 10.5. The SMILES string of the molecule is CC(C(=O)Nc1cnn(CC(N)=O)c1)C(N)c1ccccc1. The van der Waals surface area contributed by atoms with Gasteiger partial charge in [-0.3, -0.25) is 14.3 Å². The Morgan fingerprint density at radius 3 is 2.64 bits per heavy atom. The van der Waals surface area contributed by atoms with Crippen LogP contribution in [-0.2, 0) is 16.1 Å². The van der Waals surface area contributed by atoms with E-state index in [-0.39, 0.29) is 12.5 Å². The number of primary amides is 1. The van der Waals surface area contributed by atoms with Crippen LogP contribution in [0.3, 0.4) is 0 Å². The van der Waals surface area contributed by atoms with Crippen LogP contribution < -0.4 is 16.8 Å². The number of hydrogen-bond acceptors (Lipinski definition) is 4. The number of carbonyl (C=O) groups excluding carboxylic acids is 2. The summed E-state index contributed by atoms with van der Waals surface area (Å²) in [7, 11) is 0. The van der Waals surface area contributed by atoms with E-state index in [0.29, 0.717) is 5.69 Å². The van der Waals surface area contributed by atoms with E-state index in [4.69, 9.17) is 11.5 Å².